The van der Waals surface area contributed by atoms with E-state index >= 15 is 0 Å². The molecule has 1 aromatic heterocycles. The molecule has 0 aliphatic rings. The van der Waals surface area contributed by atoms with Crippen molar-refractivity contribution in [3.8, 4) is 5.75 Å². The molecule has 26 heavy (non-hydrogen) atoms. The van der Waals surface area contributed by atoms with E-state index in [4.69, 9.17) is 9.26 Å². The van der Waals surface area contributed by atoms with Crippen LogP contribution in [0.2, 0.25) is 0 Å². The van der Waals surface area contributed by atoms with E-state index in [0.717, 1.165) is 18.3 Å². The van der Waals surface area contributed by atoms with Crippen LogP contribution in [-0.2, 0) is 6.42 Å². The molecule has 1 atom stereocenters. The van der Waals surface area contributed by atoms with Crippen molar-refractivity contribution in [2.24, 2.45) is 4.99 Å². The summed E-state index contributed by atoms with van der Waals surface area (Å²) in [4.78, 5) is 8.75. The number of halogens is 1. The van der Waals surface area contributed by atoms with Crippen molar-refractivity contribution in [2.45, 2.75) is 40.2 Å². The second kappa shape index (κ2) is 11.7. The molecular formula is C18H28IN5O2. The van der Waals surface area contributed by atoms with Gasteiger partial charge in [-0.05, 0) is 45.4 Å². The zero-order valence-corrected chi connectivity index (χ0v) is 18.1. The number of aromatic nitrogens is 2. The van der Waals surface area contributed by atoms with Crippen molar-refractivity contribution in [3.63, 3.8) is 0 Å². The molecule has 1 heterocycles. The van der Waals surface area contributed by atoms with E-state index in [-0.39, 0.29) is 30.1 Å². The molecule has 1 aromatic carbocycles. The second-order valence-corrected chi connectivity index (χ2v) is 5.88. The van der Waals surface area contributed by atoms with Crippen LogP contribution in [0.3, 0.4) is 0 Å². The fraction of sp³-hybridized carbons (Fsp3) is 0.500. The molecule has 8 heteroatoms. The van der Waals surface area contributed by atoms with Gasteiger partial charge < -0.3 is 19.9 Å². The molecule has 1 unspecified atom stereocenters. The standard InChI is InChI=1S/C18H27N5O2.HI/c1-5-19-18(20-10-9-17-22-15(4)23-25-17)21-12-14(3)24-16-8-6-7-13(2)11-16;/h6-8,11,14H,5,9-10,12H2,1-4H3,(H2,19,20,21);1H. The number of nitrogens with one attached hydrogen (secondary N) is 2. The van der Waals surface area contributed by atoms with Crippen LogP contribution >= 0.6 is 24.0 Å². The minimum atomic E-state index is -0.0177. The van der Waals surface area contributed by atoms with Crippen LogP contribution in [0.4, 0.5) is 0 Å². The average molecular weight is 473 g/mol. The number of aliphatic imine (C=N–C) groups is 1. The summed E-state index contributed by atoms with van der Waals surface area (Å²) in [6.45, 7) is 9.92. The van der Waals surface area contributed by atoms with Crippen LogP contribution in [0.15, 0.2) is 33.8 Å². The molecule has 0 radical (unpaired) electrons. The zero-order valence-electron chi connectivity index (χ0n) is 15.8. The molecular weight excluding hydrogens is 445 g/mol. The maximum atomic E-state index is 5.90. The minimum Gasteiger partial charge on any atom is -0.489 e. The lowest BCUT2D eigenvalue weighted by Gasteiger charge is -2.15. The predicted molar refractivity (Wildman–Crippen MR) is 113 cm³/mol. The lowest BCUT2D eigenvalue weighted by molar-refractivity contribution is 0.230. The molecule has 0 amide bonds. The van der Waals surface area contributed by atoms with Crippen molar-refractivity contribution < 1.29 is 9.26 Å². The summed E-state index contributed by atoms with van der Waals surface area (Å²) in [5, 5.41) is 10.3. The first-order valence-electron chi connectivity index (χ1n) is 8.61. The van der Waals surface area contributed by atoms with Gasteiger partial charge in [-0.25, -0.2) is 4.99 Å². The second-order valence-electron chi connectivity index (χ2n) is 5.88. The maximum absolute atomic E-state index is 5.90. The van der Waals surface area contributed by atoms with E-state index in [9.17, 15) is 0 Å². The van der Waals surface area contributed by atoms with Crippen molar-refractivity contribution in [1.82, 2.24) is 20.8 Å². The predicted octanol–water partition coefficient (Wildman–Crippen LogP) is 2.87. The molecule has 0 bridgehead atoms. The van der Waals surface area contributed by atoms with Gasteiger partial charge in [0.25, 0.3) is 0 Å². The van der Waals surface area contributed by atoms with Gasteiger partial charge >= 0.3 is 0 Å². The minimum absolute atomic E-state index is 0. The molecule has 2 aromatic rings. The Morgan fingerprint density at radius 2 is 2.12 bits per heavy atom. The van der Waals surface area contributed by atoms with Crippen molar-refractivity contribution in [1.29, 1.82) is 0 Å². The van der Waals surface area contributed by atoms with Gasteiger partial charge in [-0.15, -0.1) is 24.0 Å². The zero-order chi connectivity index (χ0) is 18.1. The van der Waals surface area contributed by atoms with E-state index in [1.165, 1.54) is 5.56 Å². The van der Waals surface area contributed by atoms with Gasteiger partial charge in [-0.1, -0.05) is 17.3 Å². The van der Waals surface area contributed by atoms with Crippen molar-refractivity contribution in [2.75, 3.05) is 19.6 Å². The molecule has 0 aliphatic heterocycles. The van der Waals surface area contributed by atoms with E-state index in [0.29, 0.717) is 31.2 Å². The molecule has 0 spiro atoms. The molecule has 0 fully saturated rings. The topological polar surface area (TPSA) is 84.6 Å². The first kappa shape index (κ1) is 22.2. The van der Waals surface area contributed by atoms with Crippen LogP contribution in [0.1, 0.15) is 31.1 Å². The Bertz CT molecular complexity index is 690. The third-order valence-electron chi connectivity index (χ3n) is 3.38. The highest BCUT2D eigenvalue weighted by molar-refractivity contribution is 14.0. The molecule has 0 saturated carbocycles. The summed E-state index contributed by atoms with van der Waals surface area (Å²) in [7, 11) is 0. The Kier molecular flexibility index (Phi) is 10.0. The third-order valence-corrected chi connectivity index (χ3v) is 3.38. The number of nitrogens with zero attached hydrogens (tertiary/aromatic N) is 3. The monoisotopic (exact) mass is 473 g/mol. The molecule has 2 N–H and O–H groups in total. The SMILES string of the molecule is CCNC(=NCC(C)Oc1cccc(C)c1)NCCc1nc(C)no1.I. The van der Waals surface area contributed by atoms with Crippen molar-refractivity contribution >= 4 is 29.9 Å². The van der Waals surface area contributed by atoms with E-state index in [2.05, 4.69) is 25.8 Å². The summed E-state index contributed by atoms with van der Waals surface area (Å²) in [5.41, 5.74) is 1.18. The Hall–Kier alpha value is -1.84. The Labute approximate surface area is 172 Å². The largest absolute Gasteiger partial charge is 0.489 e. The maximum Gasteiger partial charge on any atom is 0.228 e. The lowest BCUT2D eigenvalue weighted by Crippen LogP contribution is -2.39. The molecule has 0 saturated heterocycles. The lowest BCUT2D eigenvalue weighted by atomic mass is 10.2. The molecule has 144 valence electrons. The normalized spacial score (nSPS) is 12.2. The van der Waals surface area contributed by atoms with E-state index < -0.39 is 0 Å². The smallest absolute Gasteiger partial charge is 0.228 e. The molecule has 7 nitrogen and oxygen atoms in total. The Morgan fingerprint density at radius 1 is 1.31 bits per heavy atom. The van der Waals surface area contributed by atoms with Gasteiger partial charge in [0, 0.05) is 19.5 Å². The van der Waals surface area contributed by atoms with Gasteiger partial charge in [-0.2, -0.15) is 4.98 Å². The van der Waals surface area contributed by atoms with E-state index in [1.54, 1.807) is 0 Å². The number of hydrogen-bond donors (Lipinski definition) is 2. The highest BCUT2D eigenvalue weighted by Crippen LogP contribution is 2.14. The summed E-state index contributed by atoms with van der Waals surface area (Å²) >= 11 is 0. The highest BCUT2D eigenvalue weighted by atomic mass is 127. The molecule has 0 aliphatic carbocycles. The van der Waals surface area contributed by atoms with Crippen molar-refractivity contribution in [3.05, 3.63) is 41.5 Å². The van der Waals surface area contributed by atoms with Gasteiger partial charge in [0.05, 0.1) is 6.54 Å². The van der Waals surface area contributed by atoms with Crippen LogP contribution in [0.25, 0.3) is 0 Å². The average Bonchev–Trinajstić information content (AvgIpc) is 2.98. The summed E-state index contributed by atoms with van der Waals surface area (Å²) in [5.74, 6) is 2.89. The number of rotatable bonds is 8. The van der Waals surface area contributed by atoms with Crippen LogP contribution in [-0.4, -0.2) is 41.8 Å². The molecule has 2 rings (SSSR count). The number of guanidine groups is 1. The van der Waals surface area contributed by atoms with Crippen LogP contribution < -0.4 is 15.4 Å². The number of hydrogen-bond acceptors (Lipinski definition) is 5. The van der Waals surface area contributed by atoms with Crippen LogP contribution in [0.5, 0.6) is 5.75 Å². The van der Waals surface area contributed by atoms with E-state index in [1.807, 2.05) is 52.0 Å². The van der Waals surface area contributed by atoms with Gasteiger partial charge in [0.15, 0.2) is 11.8 Å². The summed E-state index contributed by atoms with van der Waals surface area (Å²) < 4.78 is 11.0. The van der Waals surface area contributed by atoms with Gasteiger partial charge in [0.1, 0.15) is 11.9 Å². The van der Waals surface area contributed by atoms with Crippen LogP contribution in [0, 0.1) is 13.8 Å². The summed E-state index contributed by atoms with van der Waals surface area (Å²) in [6.07, 6.45) is 0.636. The fourth-order valence-electron chi connectivity index (χ4n) is 2.25. The third kappa shape index (κ3) is 8.03. The quantitative estimate of drug-likeness (QED) is 0.349. The number of ether oxygens (including phenoxy) is 1. The number of aryl methyl sites for hydroxylation is 2. The first-order valence-corrected chi connectivity index (χ1v) is 8.61. The van der Waals surface area contributed by atoms with Gasteiger partial charge in [0.2, 0.25) is 5.89 Å². The fourth-order valence-corrected chi connectivity index (χ4v) is 2.25. The number of benzene rings is 1. The first-order chi connectivity index (χ1) is 12.1. The van der Waals surface area contributed by atoms with Gasteiger partial charge in [-0.3, -0.25) is 0 Å². The highest BCUT2D eigenvalue weighted by Gasteiger charge is 2.06. The Morgan fingerprint density at radius 3 is 2.77 bits per heavy atom. The summed E-state index contributed by atoms with van der Waals surface area (Å²) in [6, 6.07) is 8.03. The Balaban J connectivity index is 0.00000338.